The van der Waals surface area contributed by atoms with E-state index >= 15 is 0 Å². The number of nitrogens with two attached hydrogens (primary N) is 1. The van der Waals surface area contributed by atoms with Crippen molar-refractivity contribution < 1.29 is 9.63 Å². The zero-order valence-corrected chi connectivity index (χ0v) is 19.0. The van der Waals surface area contributed by atoms with Gasteiger partial charge in [-0.1, -0.05) is 85.7 Å². The van der Waals surface area contributed by atoms with E-state index in [1.807, 2.05) is 6.92 Å². The van der Waals surface area contributed by atoms with E-state index in [1.165, 1.54) is 11.1 Å². The lowest BCUT2D eigenvalue weighted by atomic mass is 9.95. The van der Waals surface area contributed by atoms with Gasteiger partial charge in [0.25, 0.3) is 0 Å². The molecule has 0 saturated heterocycles. The normalized spacial score (nSPS) is 19.6. The molecular formula is C21H36INO2. The first kappa shape index (κ1) is 24.5. The van der Waals surface area contributed by atoms with Gasteiger partial charge in [0, 0.05) is 15.8 Å². The molecule has 3 nitrogen and oxygen atoms in total. The van der Waals surface area contributed by atoms with Crippen LogP contribution in [0.4, 0.5) is 0 Å². The molecule has 0 rings (SSSR count). The fourth-order valence-electron chi connectivity index (χ4n) is 2.88. The number of carbonyl (C=O) groups is 1. The second kappa shape index (κ2) is 12.8. The van der Waals surface area contributed by atoms with Crippen LogP contribution in [0.25, 0.3) is 0 Å². The van der Waals surface area contributed by atoms with Crippen molar-refractivity contribution in [2.75, 3.05) is 0 Å². The van der Waals surface area contributed by atoms with Gasteiger partial charge in [-0.05, 0) is 39.5 Å². The summed E-state index contributed by atoms with van der Waals surface area (Å²) in [5.74, 6) is 6.44. The SMILES string of the molecule is CCC(ON)C(C)/C=C(\C)CC(C)/C=C/C=C(\C)C(I)C(C)C(C)=O. The molecule has 4 heteroatoms. The molecule has 0 radical (unpaired) electrons. The van der Waals surface area contributed by atoms with Crippen LogP contribution in [0.3, 0.4) is 0 Å². The highest BCUT2D eigenvalue weighted by molar-refractivity contribution is 14.1. The topological polar surface area (TPSA) is 52.3 Å². The highest BCUT2D eigenvalue weighted by Crippen LogP contribution is 2.23. The first-order valence-electron chi connectivity index (χ1n) is 9.16. The van der Waals surface area contributed by atoms with E-state index in [-0.39, 0.29) is 21.7 Å². The van der Waals surface area contributed by atoms with Crippen molar-refractivity contribution in [3.63, 3.8) is 0 Å². The van der Waals surface area contributed by atoms with Crippen LogP contribution in [0.2, 0.25) is 0 Å². The molecule has 0 aliphatic carbocycles. The molecule has 0 aromatic carbocycles. The second-order valence-electron chi connectivity index (χ2n) is 7.23. The van der Waals surface area contributed by atoms with Crippen molar-refractivity contribution in [3.8, 4) is 0 Å². The molecule has 0 aromatic heterocycles. The van der Waals surface area contributed by atoms with Crippen LogP contribution in [0, 0.1) is 17.8 Å². The van der Waals surface area contributed by atoms with Crippen LogP contribution in [0.5, 0.6) is 0 Å². The fourth-order valence-corrected chi connectivity index (χ4v) is 3.60. The average molecular weight is 461 g/mol. The minimum Gasteiger partial charge on any atom is -0.301 e. The summed E-state index contributed by atoms with van der Waals surface area (Å²) in [6, 6.07) is 0. The number of carbonyl (C=O) groups excluding carboxylic acids is 1. The summed E-state index contributed by atoms with van der Waals surface area (Å²) in [7, 11) is 0. The number of Topliss-reactive ketones (excluding diaryl/α,β-unsaturated/α-hetero) is 1. The molecule has 2 N–H and O–H groups in total. The third-order valence-electron chi connectivity index (χ3n) is 4.67. The van der Waals surface area contributed by atoms with E-state index in [4.69, 9.17) is 10.7 Å². The molecule has 0 heterocycles. The highest BCUT2D eigenvalue weighted by atomic mass is 127. The van der Waals surface area contributed by atoms with Gasteiger partial charge in [0.1, 0.15) is 5.78 Å². The zero-order valence-electron chi connectivity index (χ0n) is 16.9. The lowest BCUT2D eigenvalue weighted by Crippen LogP contribution is -2.23. The monoisotopic (exact) mass is 461 g/mol. The Morgan fingerprint density at radius 2 is 1.80 bits per heavy atom. The minimum absolute atomic E-state index is 0.0608. The standard InChI is InChI=1S/C21H36INO2/c1-8-20(25-23)17(5)13-15(3)12-14(2)10-9-11-16(4)21(22)18(6)19(7)24/h9-11,13-14,17-18,20-21H,8,12,23H2,1-7H3/b10-9+,15-13+,16-11+. The van der Waals surface area contributed by atoms with Gasteiger partial charge in [-0.25, -0.2) is 5.90 Å². The Labute approximate surface area is 168 Å². The van der Waals surface area contributed by atoms with Gasteiger partial charge in [-0.2, -0.15) is 0 Å². The maximum Gasteiger partial charge on any atom is 0.134 e. The summed E-state index contributed by atoms with van der Waals surface area (Å²) in [5.41, 5.74) is 2.59. The number of ketones is 1. The Morgan fingerprint density at radius 1 is 1.20 bits per heavy atom. The molecule has 0 amide bonds. The summed E-state index contributed by atoms with van der Waals surface area (Å²) in [6.45, 7) is 14.4. The number of rotatable bonds is 11. The fraction of sp³-hybridized carbons (Fsp3) is 0.667. The molecule has 0 aliphatic rings. The van der Waals surface area contributed by atoms with Crippen LogP contribution >= 0.6 is 22.6 Å². The largest absolute Gasteiger partial charge is 0.301 e. The number of hydrogen-bond acceptors (Lipinski definition) is 3. The summed E-state index contributed by atoms with van der Waals surface area (Å²) in [4.78, 5) is 16.5. The molecule has 5 unspecified atom stereocenters. The first-order valence-corrected chi connectivity index (χ1v) is 10.4. The third kappa shape index (κ3) is 9.71. The number of halogens is 1. The molecule has 0 saturated carbocycles. The van der Waals surface area contributed by atoms with Crippen LogP contribution < -0.4 is 5.90 Å². The zero-order chi connectivity index (χ0) is 19.6. The van der Waals surface area contributed by atoms with Gasteiger partial charge in [0.15, 0.2) is 0 Å². The van der Waals surface area contributed by atoms with E-state index < -0.39 is 0 Å². The van der Waals surface area contributed by atoms with Crippen molar-refractivity contribution in [2.24, 2.45) is 23.7 Å². The summed E-state index contributed by atoms with van der Waals surface area (Å²) < 4.78 is 0.250. The van der Waals surface area contributed by atoms with Crippen LogP contribution in [0.1, 0.15) is 61.3 Å². The van der Waals surface area contributed by atoms with Gasteiger partial charge in [0.05, 0.1) is 6.10 Å². The molecule has 0 aliphatic heterocycles. The van der Waals surface area contributed by atoms with Crippen molar-refractivity contribution in [3.05, 3.63) is 35.5 Å². The lowest BCUT2D eigenvalue weighted by molar-refractivity contribution is -0.119. The Hall–Kier alpha value is -0.460. The van der Waals surface area contributed by atoms with Crippen LogP contribution in [0.15, 0.2) is 35.5 Å². The van der Waals surface area contributed by atoms with Crippen LogP contribution in [-0.2, 0) is 9.63 Å². The van der Waals surface area contributed by atoms with E-state index in [0.29, 0.717) is 11.8 Å². The van der Waals surface area contributed by atoms with Gasteiger partial charge < -0.3 is 4.84 Å². The molecule has 0 spiro atoms. The molecule has 0 bridgehead atoms. The molecule has 0 aromatic rings. The number of alkyl halides is 1. The summed E-state index contributed by atoms with van der Waals surface area (Å²) >= 11 is 2.36. The van der Waals surface area contributed by atoms with Crippen LogP contribution in [-0.4, -0.2) is 15.8 Å². The van der Waals surface area contributed by atoms with E-state index in [0.717, 1.165) is 12.8 Å². The summed E-state index contributed by atoms with van der Waals surface area (Å²) in [6.07, 6.45) is 10.8. The maximum absolute atomic E-state index is 11.5. The number of hydrogen-bond donors (Lipinski definition) is 1. The second-order valence-corrected chi connectivity index (χ2v) is 8.57. The third-order valence-corrected chi connectivity index (χ3v) is 6.73. The predicted molar refractivity (Wildman–Crippen MR) is 117 cm³/mol. The van der Waals surface area contributed by atoms with E-state index in [9.17, 15) is 4.79 Å². The molecular weight excluding hydrogens is 425 g/mol. The van der Waals surface area contributed by atoms with Crippen molar-refractivity contribution >= 4 is 28.4 Å². The van der Waals surface area contributed by atoms with Crippen molar-refractivity contribution in [2.45, 2.75) is 71.3 Å². The Kier molecular flexibility index (Phi) is 12.6. The van der Waals surface area contributed by atoms with Gasteiger partial charge in [-0.3, -0.25) is 4.79 Å². The van der Waals surface area contributed by atoms with E-state index in [2.05, 4.69) is 81.5 Å². The Bertz CT molecular complexity index is 492. The number of allylic oxidation sites excluding steroid dienone is 5. The van der Waals surface area contributed by atoms with Gasteiger partial charge >= 0.3 is 0 Å². The predicted octanol–water partition coefficient (Wildman–Crippen LogP) is 5.80. The quantitative estimate of drug-likeness (QED) is 0.139. The summed E-state index contributed by atoms with van der Waals surface area (Å²) in [5, 5.41) is 0. The molecule has 5 atom stereocenters. The van der Waals surface area contributed by atoms with Crippen molar-refractivity contribution in [1.82, 2.24) is 0 Å². The molecule has 144 valence electrons. The van der Waals surface area contributed by atoms with Gasteiger partial charge in [-0.15, -0.1) is 0 Å². The Balaban J connectivity index is 4.68. The minimum atomic E-state index is 0.0608. The molecule has 25 heavy (non-hydrogen) atoms. The van der Waals surface area contributed by atoms with E-state index in [1.54, 1.807) is 6.92 Å². The Morgan fingerprint density at radius 3 is 2.28 bits per heavy atom. The maximum atomic E-state index is 11.5. The average Bonchev–Trinajstić information content (AvgIpc) is 2.53. The first-order chi connectivity index (χ1) is 11.6. The molecule has 0 fully saturated rings. The smallest absolute Gasteiger partial charge is 0.134 e. The lowest BCUT2D eigenvalue weighted by Gasteiger charge is -2.18. The van der Waals surface area contributed by atoms with Gasteiger partial charge in [0.2, 0.25) is 0 Å². The highest BCUT2D eigenvalue weighted by Gasteiger charge is 2.19. The van der Waals surface area contributed by atoms with Crippen molar-refractivity contribution in [1.29, 1.82) is 0 Å².